The van der Waals surface area contributed by atoms with Crippen molar-refractivity contribution in [3.05, 3.63) is 56.3 Å². The van der Waals surface area contributed by atoms with Gasteiger partial charge in [-0.05, 0) is 23.9 Å². The summed E-state index contributed by atoms with van der Waals surface area (Å²) in [6.45, 7) is 1.70. The van der Waals surface area contributed by atoms with Crippen molar-refractivity contribution in [2.24, 2.45) is 0 Å². The molecule has 0 aliphatic heterocycles. The molecule has 0 bridgehead atoms. The molecule has 1 aromatic heterocycles. The Labute approximate surface area is 118 Å². The fourth-order valence-corrected chi connectivity index (χ4v) is 2.61. The molecule has 0 saturated carbocycles. The van der Waals surface area contributed by atoms with E-state index in [4.69, 9.17) is 0 Å². The van der Waals surface area contributed by atoms with Gasteiger partial charge in [0.05, 0.1) is 4.92 Å². The summed E-state index contributed by atoms with van der Waals surface area (Å²) in [7, 11) is 0. The van der Waals surface area contributed by atoms with Crippen LogP contribution in [-0.2, 0) is 4.79 Å². The second-order valence-electron chi connectivity index (χ2n) is 4.16. The van der Waals surface area contributed by atoms with Gasteiger partial charge in [-0.2, -0.15) is 0 Å². The van der Waals surface area contributed by atoms with Crippen molar-refractivity contribution in [1.82, 2.24) is 0 Å². The van der Waals surface area contributed by atoms with E-state index < -0.39 is 16.9 Å². The minimum atomic E-state index is -1.08. The van der Waals surface area contributed by atoms with Crippen molar-refractivity contribution in [1.29, 1.82) is 0 Å². The lowest BCUT2D eigenvalue weighted by atomic mass is 10.1. The molecule has 2 rings (SSSR count). The van der Waals surface area contributed by atoms with Gasteiger partial charge in [-0.25, -0.2) is 4.79 Å². The average molecular weight is 292 g/mol. The van der Waals surface area contributed by atoms with Crippen LogP contribution in [0.1, 0.15) is 16.5 Å². The number of benzene rings is 1. The van der Waals surface area contributed by atoms with Gasteiger partial charge in [-0.15, -0.1) is 11.3 Å². The molecule has 1 aromatic carbocycles. The van der Waals surface area contributed by atoms with E-state index in [0.29, 0.717) is 10.4 Å². The number of thiophene rings is 1. The second kappa shape index (κ2) is 5.70. The van der Waals surface area contributed by atoms with E-state index in [1.54, 1.807) is 36.6 Å². The number of anilines is 1. The molecule has 0 spiro atoms. The summed E-state index contributed by atoms with van der Waals surface area (Å²) in [5.41, 5.74) is 0.730. The van der Waals surface area contributed by atoms with Crippen LogP contribution in [0.2, 0.25) is 0 Å². The predicted octanol–water partition coefficient (Wildman–Crippen LogP) is 3.20. The second-order valence-corrected chi connectivity index (χ2v) is 5.14. The molecule has 2 aromatic rings. The molecule has 0 aliphatic rings. The van der Waals surface area contributed by atoms with E-state index in [-0.39, 0.29) is 11.4 Å². The summed E-state index contributed by atoms with van der Waals surface area (Å²) in [6, 6.07) is 7.03. The predicted molar refractivity (Wildman–Crippen MR) is 76.2 cm³/mol. The lowest BCUT2D eigenvalue weighted by Crippen LogP contribution is -2.20. The van der Waals surface area contributed by atoms with Crippen LogP contribution >= 0.6 is 11.3 Å². The highest BCUT2D eigenvalue weighted by Gasteiger charge is 2.25. The molecule has 104 valence electrons. The van der Waals surface area contributed by atoms with Crippen LogP contribution in [0.5, 0.6) is 0 Å². The third kappa shape index (κ3) is 2.77. The van der Waals surface area contributed by atoms with Gasteiger partial charge in [-0.3, -0.25) is 10.1 Å². The molecule has 20 heavy (non-hydrogen) atoms. The first-order chi connectivity index (χ1) is 9.50. The van der Waals surface area contributed by atoms with Crippen LogP contribution in [-0.4, -0.2) is 16.0 Å². The summed E-state index contributed by atoms with van der Waals surface area (Å²) in [6.07, 6.45) is 0. The molecule has 0 fully saturated rings. The van der Waals surface area contributed by atoms with Crippen LogP contribution < -0.4 is 5.32 Å². The maximum absolute atomic E-state index is 11.4. The number of rotatable bonds is 5. The first-order valence-corrected chi connectivity index (χ1v) is 6.65. The number of aliphatic carboxylic acids is 1. The SMILES string of the molecule is Cc1cccc([N+](=O)[O-])c1NC(C(=O)O)c1cccs1. The van der Waals surface area contributed by atoms with Crippen LogP contribution in [0.25, 0.3) is 0 Å². The largest absolute Gasteiger partial charge is 0.479 e. The monoisotopic (exact) mass is 292 g/mol. The van der Waals surface area contributed by atoms with E-state index in [1.165, 1.54) is 17.4 Å². The molecule has 0 radical (unpaired) electrons. The summed E-state index contributed by atoms with van der Waals surface area (Å²) >= 11 is 1.29. The minimum absolute atomic E-state index is 0.132. The van der Waals surface area contributed by atoms with Gasteiger partial charge in [0.25, 0.3) is 5.69 Å². The Morgan fingerprint density at radius 3 is 2.70 bits per heavy atom. The summed E-state index contributed by atoms with van der Waals surface area (Å²) < 4.78 is 0. The van der Waals surface area contributed by atoms with Gasteiger partial charge in [0.2, 0.25) is 0 Å². The topological polar surface area (TPSA) is 92.5 Å². The maximum atomic E-state index is 11.4. The number of nitrogens with one attached hydrogen (secondary N) is 1. The number of nitrogens with zero attached hydrogens (tertiary/aromatic N) is 1. The Balaban J connectivity index is 2.42. The smallest absolute Gasteiger partial charge is 0.331 e. The number of aryl methyl sites for hydroxylation is 1. The highest BCUT2D eigenvalue weighted by Crippen LogP contribution is 2.32. The Morgan fingerprint density at radius 2 is 2.15 bits per heavy atom. The fourth-order valence-electron chi connectivity index (χ4n) is 1.85. The molecule has 0 amide bonds. The van der Waals surface area contributed by atoms with E-state index in [1.807, 2.05) is 0 Å². The first-order valence-electron chi connectivity index (χ1n) is 5.77. The highest BCUT2D eigenvalue weighted by molar-refractivity contribution is 7.10. The highest BCUT2D eigenvalue weighted by atomic mass is 32.1. The molecule has 1 atom stereocenters. The minimum Gasteiger partial charge on any atom is -0.479 e. The maximum Gasteiger partial charge on any atom is 0.331 e. The normalized spacial score (nSPS) is 11.8. The zero-order valence-corrected chi connectivity index (χ0v) is 11.4. The van der Waals surface area contributed by atoms with Gasteiger partial charge in [-0.1, -0.05) is 18.2 Å². The number of hydrogen-bond acceptors (Lipinski definition) is 5. The van der Waals surface area contributed by atoms with E-state index in [0.717, 1.165) is 0 Å². The van der Waals surface area contributed by atoms with Crippen molar-refractivity contribution in [2.75, 3.05) is 5.32 Å². The Bertz CT molecular complexity index is 640. The molecule has 0 saturated heterocycles. The summed E-state index contributed by atoms with van der Waals surface area (Å²) in [4.78, 5) is 22.5. The lowest BCUT2D eigenvalue weighted by Gasteiger charge is -2.16. The lowest BCUT2D eigenvalue weighted by molar-refractivity contribution is -0.384. The molecule has 2 N–H and O–H groups in total. The van der Waals surface area contributed by atoms with Crippen molar-refractivity contribution in [2.45, 2.75) is 13.0 Å². The summed E-state index contributed by atoms with van der Waals surface area (Å²) in [5.74, 6) is -1.08. The third-order valence-corrected chi connectivity index (χ3v) is 3.75. The zero-order chi connectivity index (χ0) is 14.7. The number of carbonyl (C=O) groups is 1. The van der Waals surface area contributed by atoms with Crippen LogP contribution in [0.3, 0.4) is 0 Å². The van der Waals surface area contributed by atoms with Crippen LogP contribution in [0.4, 0.5) is 11.4 Å². The molecular formula is C13H12N2O4S. The van der Waals surface area contributed by atoms with Crippen LogP contribution in [0.15, 0.2) is 35.7 Å². The van der Waals surface area contributed by atoms with Crippen molar-refractivity contribution < 1.29 is 14.8 Å². The van der Waals surface area contributed by atoms with Crippen LogP contribution in [0, 0.1) is 17.0 Å². The standard InChI is InChI=1S/C13H12N2O4S/c1-8-4-2-5-9(15(18)19)11(8)14-12(13(16)17)10-6-3-7-20-10/h2-7,12,14H,1H3,(H,16,17). The first kappa shape index (κ1) is 14.0. The number of carboxylic acids is 1. The Hall–Kier alpha value is -2.41. The Kier molecular flexibility index (Phi) is 3.99. The molecule has 6 nitrogen and oxygen atoms in total. The quantitative estimate of drug-likeness (QED) is 0.652. The van der Waals surface area contributed by atoms with E-state index >= 15 is 0 Å². The van der Waals surface area contributed by atoms with Crippen molar-refractivity contribution in [3.63, 3.8) is 0 Å². The number of para-hydroxylation sites is 1. The number of nitro groups is 1. The molecule has 0 aliphatic carbocycles. The number of carboxylic acid groups (broad SMARTS) is 1. The van der Waals surface area contributed by atoms with Gasteiger partial charge in [0.1, 0.15) is 5.69 Å². The average Bonchev–Trinajstić information content (AvgIpc) is 2.90. The van der Waals surface area contributed by atoms with Gasteiger partial charge in [0, 0.05) is 10.9 Å². The van der Waals surface area contributed by atoms with Gasteiger partial charge in [0.15, 0.2) is 6.04 Å². The zero-order valence-electron chi connectivity index (χ0n) is 10.6. The molecule has 1 unspecified atom stereocenters. The molecular weight excluding hydrogens is 280 g/mol. The molecule has 1 heterocycles. The Morgan fingerprint density at radius 1 is 1.40 bits per heavy atom. The number of hydrogen-bond donors (Lipinski definition) is 2. The number of nitro benzene ring substituents is 1. The molecule has 7 heteroatoms. The van der Waals surface area contributed by atoms with Crippen molar-refractivity contribution >= 4 is 28.7 Å². The third-order valence-electron chi connectivity index (χ3n) is 2.81. The van der Waals surface area contributed by atoms with Gasteiger partial charge >= 0.3 is 5.97 Å². The van der Waals surface area contributed by atoms with Gasteiger partial charge < -0.3 is 10.4 Å². The van der Waals surface area contributed by atoms with E-state index in [2.05, 4.69) is 5.32 Å². The van der Waals surface area contributed by atoms with E-state index in [9.17, 15) is 20.0 Å². The van der Waals surface area contributed by atoms with Crippen molar-refractivity contribution in [3.8, 4) is 0 Å². The summed E-state index contributed by atoms with van der Waals surface area (Å²) in [5, 5.41) is 24.9. The fraction of sp³-hybridized carbons (Fsp3) is 0.154.